The van der Waals surface area contributed by atoms with Crippen LogP contribution in [-0.4, -0.2) is 29.1 Å². The number of aliphatic carboxylic acids is 1. The van der Waals surface area contributed by atoms with Crippen LogP contribution in [-0.2, 0) is 18.0 Å². The van der Waals surface area contributed by atoms with Gasteiger partial charge in [-0.15, -0.1) is 0 Å². The lowest BCUT2D eigenvalue weighted by molar-refractivity contribution is -0.137. The number of hydrogen-bond donors (Lipinski definition) is 1. The third-order valence-corrected chi connectivity index (χ3v) is 7.26. The van der Waals surface area contributed by atoms with Crippen LogP contribution >= 0.6 is 0 Å². The summed E-state index contributed by atoms with van der Waals surface area (Å²) in [6.45, 7) is 2.12. The number of anilines is 1. The van der Waals surface area contributed by atoms with Gasteiger partial charge in [0.05, 0.1) is 5.69 Å². The fourth-order valence-corrected chi connectivity index (χ4v) is 5.01. The topological polar surface area (TPSA) is 71.9 Å². The number of carbonyl (C=O) groups is 1. The van der Waals surface area contributed by atoms with Crippen molar-refractivity contribution >= 4 is 11.7 Å². The first-order valence-electron chi connectivity index (χ1n) is 13.7. The number of nitrogens with zero attached hydrogens (tertiary/aromatic N) is 2. The summed E-state index contributed by atoms with van der Waals surface area (Å²) < 4.78 is 27.5. The van der Waals surface area contributed by atoms with Crippen LogP contribution < -0.4 is 14.4 Å². The second-order valence-electron chi connectivity index (χ2n) is 10.1. The molecule has 206 valence electrons. The van der Waals surface area contributed by atoms with Gasteiger partial charge in [-0.05, 0) is 60.1 Å². The van der Waals surface area contributed by atoms with E-state index < -0.39 is 5.97 Å². The molecule has 1 N–H and O–H groups in total. The molecule has 0 bridgehead atoms. The van der Waals surface area contributed by atoms with Crippen molar-refractivity contribution in [3.05, 3.63) is 108 Å². The van der Waals surface area contributed by atoms with Gasteiger partial charge in [0, 0.05) is 31.1 Å². The largest absolute Gasteiger partial charge is 0.481 e. The minimum absolute atomic E-state index is 0.187. The summed E-state index contributed by atoms with van der Waals surface area (Å²) in [5.41, 5.74) is 3.94. The van der Waals surface area contributed by atoms with Crippen LogP contribution in [0.5, 0.6) is 11.8 Å². The third kappa shape index (κ3) is 7.17. The van der Waals surface area contributed by atoms with E-state index >= 15 is 4.39 Å². The van der Waals surface area contributed by atoms with Gasteiger partial charge in [-0.1, -0.05) is 66.7 Å². The molecule has 2 heterocycles. The Balaban J connectivity index is 1.33. The van der Waals surface area contributed by atoms with Crippen LogP contribution in [0.4, 0.5) is 10.1 Å². The van der Waals surface area contributed by atoms with Crippen LogP contribution in [0, 0.1) is 11.7 Å². The second-order valence-corrected chi connectivity index (χ2v) is 10.1. The summed E-state index contributed by atoms with van der Waals surface area (Å²) in [4.78, 5) is 17.6. The average Bonchev–Trinajstić information content (AvgIpc) is 2.99. The number of piperidine rings is 1. The predicted octanol–water partition coefficient (Wildman–Crippen LogP) is 7.13. The molecule has 5 rings (SSSR count). The van der Waals surface area contributed by atoms with Crippen LogP contribution in [0.1, 0.15) is 36.8 Å². The minimum atomic E-state index is -0.763. The van der Waals surface area contributed by atoms with Crippen molar-refractivity contribution in [2.24, 2.45) is 5.92 Å². The SMILES string of the molecule is O=C(O)CCC1CCN(c2ccc(-c3ccc(OCc4ccccc4)nc3OCc3ccccc3)cc2F)CC1. The molecule has 0 spiro atoms. The van der Waals surface area contributed by atoms with E-state index in [2.05, 4.69) is 4.98 Å². The van der Waals surface area contributed by atoms with E-state index in [-0.39, 0.29) is 12.2 Å². The lowest BCUT2D eigenvalue weighted by Crippen LogP contribution is -2.34. The van der Waals surface area contributed by atoms with Gasteiger partial charge in [0.15, 0.2) is 0 Å². The standard InChI is InChI=1S/C33H33FN2O4/c34-29-21-27(12-14-30(29)36-19-17-24(18-20-36)11-16-32(37)38)28-13-15-31(39-22-25-7-3-1-4-8-25)35-33(28)40-23-26-9-5-2-6-10-26/h1-10,12-15,21,24H,11,16-20,22-23H2,(H,37,38). The maximum atomic E-state index is 15.4. The lowest BCUT2D eigenvalue weighted by atomic mass is 9.92. The number of ether oxygens (including phenoxy) is 2. The zero-order chi connectivity index (χ0) is 27.7. The minimum Gasteiger partial charge on any atom is -0.481 e. The monoisotopic (exact) mass is 540 g/mol. The molecule has 4 aromatic rings. The summed E-state index contributed by atoms with van der Waals surface area (Å²) in [5.74, 6) is 0.105. The van der Waals surface area contributed by atoms with Gasteiger partial charge in [0.2, 0.25) is 11.8 Å². The second kappa shape index (κ2) is 13.1. The summed E-state index contributed by atoms with van der Waals surface area (Å²) in [6.07, 6.45) is 2.58. The van der Waals surface area contributed by atoms with Gasteiger partial charge in [-0.25, -0.2) is 4.39 Å². The van der Waals surface area contributed by atoms with E-state index in [0.717, 1.165) is 24.0 Å². The Bertz CT molecular complexity index is 1410. The lowest BCUT2D eigenvalue weighted by Gasteiger charge is -2.33. The summed E-state index contributed by atoms with van der Waals surface area (Å²) >= 11 is 0. The molecule has 1 fully saturated rings. The van der Waals surface area contributed by atoms with Crippen molar-refractivity contribution in [3.8, 4) is 22.9 Å². The Labute approximate surface area is 234 Å². The van der Waals surface area contributed by atoms with Crippen molar-refractivity contribution in [2.45, 2.75) is 38.9 Å². The van der Waals surface area contributed by atoms with E-state index in [1.165, 1.54) is 6.07 Å². The van der Waals surface area contributed by atoms with E-state index in [1.807, 2.05) is 83.8 Å². The summed E-state index contributed by atoms with van der Waals surface area (Å²) in [7, 11) is 0. The van der Waals surface area contributed by atoms with Gasteiger partial charge in [0.1, 0.15) is 19.0 Å². The van der Waals surface area contributed by atoms with Crippen LogP contribution in [0.3, 0.4) is 0 Å². The Morgan fingerprint density at radius 1 is 0.875 bits per heavy atom. The summed E-state index contributed by atoms with van der Waals surface area (Å²) in [5, 5.41) is 8.95. The average molecular weight is 541 g/mol. The maximum Gasteiger partial charge on any atom is 0.303 e. The van der Waals surface area contributed by atoms with E-state index in [4.69, 9.17) is 14.6 Å². The number of pyridine rings is 1. The Morgan fingerprint density at radius 2 is 1.52 bits per heavy atom. The molecule has 7 heteroatoms. The number of rotatable bonds is 11. The number of halogens is 1. The fourth-order valence-electron chi connectivity index (χ4n) is 5.01. The zero-order valence-electron chi connectivity index (χ0n) is 22.3. The number of carboxylic acids is 1. The molecule has 1 aliphatic heterocycles. The van der Waals surface area contributed by atoms with Crippen molar-refractivity contribution in [1.29, 1.82) is 0 Å². The molecule has 0 aliphatic carbocycles. The molecule has 1 aromatic heterocycles. The molecule has 1 aliphatic rings. The highest BCUT2D eigenvalue weighted by molar-refractivity contribution is 5.71. The summed E-state index contributed by atoms with van der Waals surface area (Å²) in [6, 6.07) is 28.6. The number of carboxylic acid groups (broad SMARTS) is 1. The number of aromatic nitrogens is 1. The molecule has 0 atom stereocenters. The number of benzene rings is 3. The van der Waals surface area contributed by atoms with E-state index in [0.29, 0.717) is 67.2 Å². The molecule has 6 nitrogen and oxygen atoms in total. The normalized spacial score (nSPS) is 13.7. The zero-order valence-corrected chi connectivity index (χ0v) is 22.3. The molecule has 0 unspecified atom stereocenters. The van der Waals surface area contributed by atoms with Crippen molar-refractivity contribution < 1.29 is 23.8 Å². The van der Waals surface area contributed by atoms with E-state index in [1.54, 1.807) is 6.07 Å². The Kier molecular flexibility index (Phi) is 8.91. The molecule has 3 aromatic carbocycles. The molecular weight excluding hydrogens is 507 g/mol. The first-order valence-corrected chi connectivity index (χ1v) is 13.7. The Hall–Kier alpha value is -4.39. The molecule has 0 radical (unpaired) electrons. The molecule has 0 saturated carbocycles. The van der Waals surface area contributed by atoms with Crippen molar-refractivity contribution in [2.75, 3.05) is 18.0 Å². The van der Waals surface area contributed by atoms with Crippen LogP contribution in [0.25, 0.3) is 11.1 Å². The first-order chi connectivity index (χ1) is 19.5. The maximum absolute atomic E-state index is 15.4. The highest BCUT2D eigenvalue weighted by Crippen LogP contribution is 2.35. The quantitative estimate of drug-likeness (QED) is 0.218. The van der Waals surface area contributed by atoms with E-state index in [9.17, 15) is 4.79 Å². The van der Waals surface area contributed by atoms with Crippen molar-refractivity contribution in [1.82, 2.24) is 4.98 Å². The van der Waals surface area contributed by atoms with Gasteiger partial charge < -0.3 is 19.5 Å². The molecular formula is C33H33FN2O4. The molecule has 0 amide bonds. The van der Waals surface area contributed by atoms with Crippen LogP contribution in [0.2, 0.25) is 0 Å². The molecule has 1 saturated heterocycles. The molecule has 40 heavy (non-hydrogen) atoms. The number of hydrogen-bond acceptors (Lipinski definition) is 5. The Morgan fingerprint density at radius 3 is 2.15 bits per heavy atom. The van der Waals surface area contributed by atoms with Crippen molar-refractivity contribution in [3.63, 3.8) is 0 Å². The first kappa shape index (κ1) is 27.2. The fraction of sp³-hybridized carbons (Fsp3) is 0.273. The van der Waals surface area contributed by atoms with Gasteiger partial charge in [-0.3, -0.25) is 4.79 Å². The smallest absolute Gasteiger partial charge is 0.303 e. The highest BCUT2D eigenvalue weighted by Gasteiger charge is 2.22. The predicted molar refractivity (Wildman–Crippen MR) is 153 cm³/mol. The van der Waals surface area contributed by atoms with Gasteiger partial charge in [0.25, 0.3) is 0 Å². The van der Waals surface area contributed by atoms with Crippen LogP contribution in [0.15, 0.2) is 91.0 Å². The third-order valence-electron chi connectivity index (χ3n) is 7.26. The highest BCUT2D eigenvalue weighted by atomic mass is 19.1. The van der Waals surface area contributed by atoms with Gasteiger partial charge in [-0.2, -0.15) is 4.98 Å². The van der Waals surface area contributed by atoms with Gasteiger partial charge >= 0.3 is 5.97 Å².